The van der Waals surface area contributed by atoms with Crippen molar-refractivity contribution in [3.05, 3.63) is 12.2 Å². The number of fused-ring (bicyclic) bond motifs is 5. The minimum absolute atomic E-state index is 0.0146. The Labute approximate surface area is 432 Å². The number of carbonyl (C=O) groups is 1. The van der Waals surface area contributed by atoms with Crippen LogP contribution in [-0.2, 0) is 42.7 Å². The standard InChI is InChI=1S/C52H86O22/c1-23-33(56)37(60)41(64)45(71-23)74-42-35(58)27(55)20-68-46(42)73-31-13-16-49(6)29(48(31,4)5)12-17-50(7)30(49)11-10-24-32(51(8,66)15-9-14-47(2,3)65)25(53)18-52(24,50)22-70-44-40(63)38(61)36(59)28(72-44)21-69-43-39(62)34(57)26(54)19-67-43/h9,14,23-24,26-46,54-66H,10-13,15-22H2,1-8H3/b14-9+. The molecule has 27 atom stereocenters. The number of ketones is 1. The van der Waals surface area contributed by atoms with Gasteiger partial charge in [0.15, 0.2) is 25.2 Å². The minimum atomic E-state index is -1.78. The van der Waals surface area contributed by atoms with E-state index in [1.54, 1.807) is 32.9 Å². The highest BCUT2D eigenvalue weighted by molar-refractivity contribution is 5.86. The largest absolute Gasteiger partial charge is 0.389 e. The van der Waals surface area contributed by atoms with Gasteiger partial charge in [-0.15, -0.1) is 0 Å². The number of aliphatic hydroxyl groups excluding tert-OH is 11. The average Bonchev–Trinajstić information content (AvgIpc) is 3.64. The molecule has 22 heteroatoms. The van der Waals surface area contributed by atoms with Crippen LogP contribution in [-0.4, -0.2) is 227 Å². The van der Waals surface area contributed by atoms with Gasteiger partial charge in [-0.1, -0.05) is 39.8 Å². The summed E-state index contributed by atoms with van der Waals surface area (Å²) < 4.78 is 48.3. The van der Waals surface area contributed by atoms with Crippen LogP contribution in [0.5, 0.6) is 0 Å². The van der Waals surface area contributed by atoms with Gasteiger partial charge < -0.3 is 104 Å². The Morgan fingerprint density at radius 3 is 1.95 bits per heavy atom. The van der Waals surface area contributed by atoms with Crippen LogP contribution in [0.3, 0.4) is 0 Å². The molecule has 8 aliphatic rings. The van der Waals surface area contributed by atoms with Crippen molar-refractivity contribution < 1.29 is 109 Å². The molecule has 4 aliphatic heterocycles. The number of Topliss-reactive ketones (excluding diaryl/α,β-unsaturated/α-hetero) is 1. The van der Waals surface area contributed by atoms with Crippen LogP contribution in [0.2, 0.25) is 0 Å². The van der Waals surface area contributed by atoms with Gasteiger partial charge in [0.1, 0.15) is 85.1 Å². The molecule has 0 aromatic carbocycles. The molecule has 0 aromatic heterocycles. The van der Waals surface area contributed by atoms with Gasteiger partial charge in [0.25, 0.3) is 0 Å². The van der Waals surface area contributed by atoms with E-state index in [4.69, 9.17) is 37.9 Å². The second-order valence-electron chi connectivity index (χ2n) is 25.1. The van der Waals surface area contributed by atoms with Crippen LogP contribution in [0.1, 0.15) is 107 Å². The molecule has 8 fully saturated rings. The highest BCUT2D eigenvalue weighted by Crippen LogP contribution is 2.76. The lowest BCUT2D eigenvalue weighted by Crippen LogP contribution is -2.67. The highest BCUT2D eigenvalue weighted by atomic mass is 16.8. The highest BCUT2D eigenvalue weighted by Gasteiger charge is 2.73. The number of hydrogen-bond donors (Lipinski definition) is 13. The van der Waals surface area contributed by atoms with E-state index in [1.165, 1.54) is 6.92 Å². The van der Waals surface area contributed by atoms with Crippen molar-refractivity contribution in [3.63, 3.8) is 0 Å². The lowest BCUT2D eigenvalue weighted by atomic mass is 9.35. The first-order valence-electron chi connectivity index (χ1n) is 26.6. The molecule has 4 saturated carbocycles. The first-order chi connectivity index (χ1) is 34.4. The topological polar surface area (TPSA) is 354 Å². The maximum atomic E-state index is 14.9. The fraction of sp³-hybridized carbons (Fsp3) is 0.942. The fourth-order valence-electron chi connectivity index (χ4n) is 15.4. The molecule has 4 heterocycles. The summed E-state index contributed by atoms with van der Waals surface area (Å²) in [6.07, 6.45) is -20.1. The van der Waals surface area contributed by atoms with Gasteiger partial charge >= 0.3 is 0 Å². The summed E-state index contributed by atoms with van der Waals surface area (Å²) in [4.78, 5) is 14.9. The van der Waals surface area contributed by atoms with Crippen molar-refractivity contribution in [1.29, 1.82) is 0 Å². The molecule has 0 bridgehead atoms. The average molecular weight is 1060 g/mol. The van der Waals surface area contributed by atoms with Crippen molar-refractivity contribution in [3.8, 4) is 0 Å². The lowest BCUT2D eigenvalue weighted by molar-refractivity contribution is -0.365. The van der Waals surface area contributed by atoms with E-state index < -0.39 is 163 Å². The molecule has 8 rings (SSSR count). The maximum absolute atomic E-state index is 14.9. The van der Waals surface area contributed by atoms with Crippen LogP contribution in [0, 0.1) is 45.3 Å². The predicted molar refractivity (Wildman–Crippen MR) is 255 cm³/mol. The Morgan fingerprint density at radius 2 is 1.27 bits per heavy atom. The zero-order chi connectivity index (χ0) is 54.4. The third kappa shape index (κ3) is 10.5. The molecule has 0 spiro atoms. The van der Waals surface area contributed by atoms with Gasteiger partial charge in [0.05, 0.1) is 49.8 Å². The van der Waals surface area contributed by atoms with Crippen LogP contribution in [0.15, 0.2) is 12.2 Å². The molecule has 0 radical (unpaired) electrons. The molecule has 4 saturated heterocycles. The van der Waals surface area contributed by atoms with Crippen molar-refractivity contribution in [2.75, 3.05) is 26.4 Å². The van der Waals surface area contributed by atoms with Crippen molar-refractivity contribution >= 4 is 5.78 Å². The molecule has 13 N–H and O–H groups in total. The van der Waals surface area contributed by atoms with E-state index in [0.29, 0.717) is 38.5 Å². The van der Waals surface area contributed by atoms with Crippen LogP contribution < -0.4 is 0 Å². The summed E-state index contributed by atoms with van der Waals surface area (Å²) in [6.45, 7) is 13.9. The molecule has 0 aromatic rings. The summed E-state index contributed by atoms with van der Waals surface area (Å²) in [5, 5.41) is 141. The number of hydrogen-bond acceptors (Lipinski definition) is 22. The number of ether oxygens (including phenoxy) is 8. The van der Waals surface area contributed by atoms with Crippen LogP contribution in [0.25, 0.3) is 0 Å². The summed E-state index contributed by atoms with van der Waals surface area (Å²) >= 11 is 0. The molecule has 74 heavy (non-hydrogen) atoms. The van der Waals surface area contributed by atoms with Crippen molar-refractivity contribution in [2.24, 2.45) is 45.3 Å². The molecular weight excluding hydrogens is 977 g/mol. The van der Waals surface area contributed by atoms with E-state index in [1.807, 2.05) is 0 Å². The van der Waals surface area contributed by atoms with Crippen LogP contribution in [0.4, 0.5) is 0 Å². The van der Waals surface area contributed by atoms with Crippen molar-refractivity contribution in [2.45, 2.75) is 235 Å². The smallest absolute Gasteiger partial charge is 0.187 e. The molecular formula is C52H86O22. The van der Waals surface area contributed by atoms with Crippen LogP contribution >= 0.6 is 0 Å². The molecule has 426 valence electrons. The summed E-state index contributed by atoms with van der Waals surface area (Å²) in [6, 6.07) is 0. The molecule has 27 unspecified atom stereocenters. The second-order valence-corrected chi connectivity index (χ2v) is 25.1. The van der Waals surface area contributed by atoms with Gasteiger partial charge in [-0.05, 0) is 107 Å². The maximum Gasteiger partial charge on any atom is 0.187 e. The molecule has 4 aliphatic carbocycles. The Kier molecular flexibility index (Phi) is 17.1. The summed E-state index contributed by atoms with van der Waals surface area (Å²) in [5.41, 5.74) is -5.25. The lowest BCUT2D eigenvalue weighted by Gasteiger charge is -2.70. The van der Waals surface area contributed by atoms with Gasteiger partial charge in [-0.25, -0.2) is 0 Å². The van der Waals surface area contributed by atoms with Gasteiger partial charge in [-0.3, -0.25) is 4.79 Å². The third-order valence-corrected chi connectivity index (χ3v) is 19.4. The summed E-state index contributed by atoms with van der Waals surface area (Å²) in [5.74, 6) is -1.45. The van der Waals surface area contributed by atoms with Crippen molar-refractivity contribution in [1.82, 2.24) is 0 Å². The van der Waals surface area contributed by atoms with E-state index >= 15 is 0 Å². The Bertz CT molecular complexity index is 1970. The first-order valence-corrected chi connectivity index (χ1v) is 26.6. The van der Waals surface area contributed by atoms with E-state index in [9.17, 15) is 71.2 Å². The van der Waals surface area contributed by atoms with Gasteiger partial charge in [-0.2, -0.15) is 0 Å². The monoisotopic (exact) mass is 1060 g/mol. The van der Waals surface area contributed by atoms with E-state index in [-0.39, 0.29) is 55.7 Å². The number of carbonyl (C=O) groups excluding carboxylic acids is 1. The second kappa shape index (κ2) is 21.6. The third-order valence-electron chi connectivity index (χ3n) is 19.4. The van der Waals surface area contributed by atoms with Gasteiger partial charge in [0, 0.05) is 17.8 Å². The fourth-order valence-corrected chi connectivity index (χ4v) is 15.4. The quantitative estimate of drug-likeness (QED) is 0.0678. The minimum Gasteiger partial charge on any atom is -0.389 e. The Morgan fingerprint density at radius 1 is 0.649 bits per heavy atom. The van der Waals surface area contributed by atoms with E-state index in [2.05, 4.69) is 27.7 Å². The zero-order valence-electron chi connectivity index (χ0n) is 43.9. The summed E-state index contributed by atoms with van der Waals surface area (Å²) in [7, 11) is 0. The predicted octanol–water partition coefficient (Wildman–Crippen LogP) is -1.75. The molecule has 0 amide bonds. The van der Waals surface area contributed by atoms with E-state index in [0.717, 1.165) is 0 Å². The Hall–Kier alpha value is -1.43. The number of aliphatic hydroxyl groups is 13. The normalized spacial score (nSPS) is 51.7. The molecule has 22 nitrogen and oxygen atoms in total. The zero-order valence-corrected chi connectivity index (χ0v) is 43.9. The van der Waals surface area contributed by atoms with Gasteiger partial charge in [0.2, 0.25) is 0 Å². The SMILES string of the molecule is CC1OC(OC2C(OC3CCC4(C)C(CCC5(C)C4CCC4C(C(C)(O)C/C=C/C(C)(C)O)C(=O)CC45COC4OC(COC5OCC(O)C(O)C5O)C(O)C(O)C4O)C3(C)C)OCC(O)C2O)C(O)C(O)C1O. The number of rotatable bonds is 14. The Balaban J connectivity index is 1.05. The first kappa shape index (κ1) is 58.7.